The highest BCUT2D eigenvalue weighted by Crippen LogP contribution is 2.21. The molecule has 33 heavy (non-hydrogen) atoms. The first-order valence-electron chi connectivity index (χ1n) is 11.1. The predicted octanol–water partition coefficient (Wildman–Crippen LogP) is 6.01. The minimum absolute atomic E-state index is 0.301. The zero-order chi connectivity index (χ0) is 23.6. The van der Waals surface area contributed by atoms with Crippen molar-refractivity contribution < 1.29 is 19.1 Å². The highest BCUT2D eigenvalue weighted by Gasteiger charge is 2.14. The predicted molar refractivity (Wildman–Crippen MR) is 131 cm³/mol. The van der Waals surface area contributed by atoms with Crippen molar-refractivity contribution in [2.75, 3.05) is 23.8 Å². The molecular formula is C27H30N2O4. The van der Waals surface area contributed by atoms with E-state index < -0.39 is 0 Å². The van der Waals surface area contributed by atoms with Crippen LogP contribution in [-0.4, -0.2) is 25.0 Å². The maximum Gasteiger partial charge on any atom is 0.257 e. The quantitative estimate of drug-likeness (QED) is 0.400. The molecule has 0 radical (unpaired) electrons. The molecule has 2 N–H and O–H groups in total. The number of carbonyl (C=O) groups is 2. The number of nitrogens with one attached hydrogen (secondary N) is 2. The number of rotatable bonds is 10. The molecule has 3 aromatic carbocycles. The van der Waals surface area contributed by atoms with Gasteiger partial charge in [0.05, 0.1) is 24.5 Å². The number of hydrogen-bond donors (Lipinski definition) is 2. The second-order valence-electron chi connectivity index (χ2n) is 7.97. The van der Waals surface area contributed by atoms with Crippen LogP contribution in [0.15, 0.2) is 72.8 Å². The summed E-state index contributed by atoms with van der Waals surface area (Å²) in [6.45, 7) is 7.42. The Balaban J connectivity index is 1.64. The second kappa shape index (κ2) is 11.7. The topological polar surface area (TPSA) is 76.7 Å². The van der Waals surface area contributed by atoms with Crippen LogP contribution in [0, 0.1) is 5.92 Å². The Morgan fingerprint density at radius 3 is 2.09 bits per heavy atom. The first-order chi connectivity index (χ1) is 16.0. The molecule has 0 saturated heterocycles. The zero-order valence-electron chi connectivity index (χ0n) is 19.3. The van der Waals surface area contributed by atoms with Gasteiger partial charge in [-0.25, -0.2) is 0 Å². The van der Waals surface area contributed by atoms with Crippen molar-refractivity contribution in [2.24, 2.45) is 5.92 Å². The summed E-state index contributed by atoms with van der Waals surface area (Å²) in [4.78, 5) is 25.6. The van der Waals surface area contributed by atoms with Crippen molar-refractivity contribution in [2.45, 2.75) is 27.2 Å². The molecule has 0 heterocycles. The Morgan fingerprint density at radius 2 is 1.42 bits per heavy atom. The molecule has 0 atom stereocenters. The number of para-hydroxylation sites is 1. The molecule has 0 aliphatic rings. The van der Waals surface area contributed by atoms with Crippen molar-refractivity contribution in [3.63, 3.8) is 0 Å². The summed E-state index contributed by atoms with van der Waals surface area (Å²) in [6.07, 6.45) is 0.970. The Morgan fingerprint density at radius 1 is 0.788 bits per heavy atom. The first-order valence-corrected chi connectivity index (χ1v) is 11.1. The van der Waals surface area contributed by atoms with E-state index in [9.17, 15) is 9.59 Å². The molecule has 0 fully saturated rings. The third-order valence-electron chi connectivity index (χ3n) is 4.92. The van der Waals surface area contributed by atoms with Crippen LogP contribution in [0.5, 0.6) is 11.5 Å². The lowest BCUT2D eigenvalue weighted by Gasteiger charge is -2.12. The molecule has 0 unspecified atom stereocenters. The number of carbonyl (C=O) groups excluding carboxylic acids is 2. The zero-order valence-corrected chi connectivity index (χ0v) is 19.3. The second-order valence-corrected chi connectivity index (χ2v) is 7.97. The normalized spacial score (nSPS) is 10.5. The van der Waals surface area contributed by atoms with Crippen LogP contribution in [0.3, 0.4) is 0 Å². The average molecular weight is 447 g/mol. The molecule has 6 heteroatoms. The smallest absolute Gasteiger partial charge is 0.257 e. The number of hydrogen-bond acceptors (Lipinski definition) is 4. The maximum atomic E-state index is 12.8. The van der Waals surface area contributed by atoms with Crippen LogP contribution in [0.1, 0.15) is 47.9 Å². The van der Waals surface area contributed by atoms with E-state index in [1.807, 2.05) is 6.92 Å². The highest BCUT2D eigenvalue weighted by atomic mass is 16.5. The SMILES string of the molecule is CCOc1ccc(NC(=O)c2ccccc2NC(=O)c2ccc(OCCC(C)C)cc2)cc1. The van der Waals surface area contributed by atoms with E-state index in [0.29, 0.717) is 41.6 Å². The van der Waals surface area contributed by atoms with Gasteiger partial charge in [-0.15, -0.1) is 0 Å². The van der Waals surface area contributed by atoms with Crippen LogP contribution in [-0.2, 0) is 0 Å². The largest absolute Gasteiger partial charge is 0.494 e. The number of ether oxygens (including phenoxy) is 2. The first kappa shape index (κ1) is 23.9. The van der Waals surface area contributed by atoms with Gasteiger partial charge in [-0.1, -0.05) is 26.0 Å². The number of amides is 2. The third kappa shape index (κ3) is 7.10. The fourth-order valence-corrected chi connectivity index (χ4v) is 3.10. The third-order valence-corrected chi connectivity index (χ3v) is 4.92. The molecular weight excluding hydrogens is 416 g/mol. The van der Waals surface area contributed by atoms with Gasteiger partial charge in [-0.05, 0) is 79.9 Å². The van der Waals surface area contributed by atoms with E-state index >= 15 is 0 Å². The lowest BCUT2D eigenvalue weighted by molar-refractivity contribution is 0.102. The van der Waals surface area contributed by atoms with Gasteiger partial charge in [0.25, 0.3) is 11.8 Å². The van der Waals surface area contributed by atoms with Crippen molar-refractivity contribution >= 4 is 23.2 Å². The summed E-state index contributed by atoms with van der Waals surface area (Å²) >= 11 is 0. The highest BCUT2D eigenvalue weighted by molar-refractivity contribution is 6.12. The number of anilines is 2. The fraction of sp³-hybridized carbons (Fsp3) is 0.259. The van der Waals surface area contributed by atoms with Crippen molar-refractivity contribution in [3.8, 4) is 11.5 Å². The molecule has 0 aliphatic carbocycles. The fourth-order valence-electron chi connectivity index (χ4n) is 3.10. The van der Waals surface area contributed by atoms with Gasteiger partial charge in [0.15, 0.2) is 0 Å². The van der Waals surface area contributed by atoms with Crippen LogP contribution in [0.4, 0.5) is 11.4 Å². The minimum atomic E-state index is -0.316. The van der Waals surface area contributed by atoms with Gasteiger partial charge in [-0.2, -0.15) is 0 Å². The molecule has 3 aromatic rings. The lowest BCUT2D eigenvalue weighted by atomic mass is 10.1. The minimum Gasteiger partial charge on any atom is -0.494 e. The summed E-state index contributed by atoms with van der Waals surface area (Å²) < 4.78 is 11.1. The van der Waals surface area contributed by atoms with Crippen LogP contribution in [0.25, 0.3) is 0 Å². The standard InChI is InChI=1S/C27H30N2O4/c1-4-32-22-15-11-21(12-16-22)28-27(31)24-7-5-6-8-25(24)29-26(30)20-9-13-23(14-10-20)33-18-17-19(2)3/h5-16,19H,4,17-18H2,1-3H3,(H,28,31)(H,29,30). The Hall–Kier alpha value is -3.80. The molecule has 0 aliphatic heterocycles. The molecule has 0 saturated carbocycles. The van der Waals surface area contributed by atoms with E-state index in [1.165, 1.54) is 0 Å². The van der Waals surface area contributed by atoms with Gasteiger partial charge >= 0.3 is 0 Å². The molecule has 2 amide bonds. The summed E-state index contributed by atoms with van der Waals surface area (Å²) in [5.41, 5.74) is 1.92. The van der Waals surface area contributed by atoms with Crippen molar-refractivity contribution in [3.05, 3.63) is 83.9 Å². The molecule has 172 valence electrons. The lowest BCUT2D eigenvalue weighted by Crippen LogP contribution is -2.18. The summed E-state index contributed by atoms with van der Waals surface area (Å²) in [6, 6.07) is 21.0. The summed E-state index contributed by atoms with van der Waals surface area (Å²) in [5, 5.41) is 5.69. The van der Waals surface area contributed by atoms with Gasteiger partial charge in [0.1, 0.15) is 11.5 Å². The Bertz CT molecular complexity index is 1060. The molecule has 0 aromatic heterocycles. The van der Waals surface area contributed by atoms with Crippen LogP contribution >= 0.6 is 0 Å². The van der Waals surface area contributed by atoms with E-state index in [1.54, 1.807) is 72.8 Å². The summed E-state index contributed by atoms with van der Waals surface area (Å²) in [5.74, 6) is 1.41. The Labute approximate surface area is 194 Å². The van der Waals surface area contributed by atoms with Gasteiger partial charge in [0, 0.05) is 11.3 Å². The molecule has 6 nitrogen and oxygen atoms in total. The summed E-state index contributed by atoms with van der Waals surface area (Å²) in [7, 11) is 0. The van der Waals surface area contributed by atoms with Gasteiger partial charge in [0.2, 0.25) is 0 Å². The van der Waals surface area contributed by atoms with Crippen LogP contribution < -0.4 is 20.1 Å². The van der Waals surface area contributed by atoms with E-state index in [-0.39, 0.29) is 11.8 Å². The van der Waals surface area contributed by atoms with E-state index in [0.717, 1.165) is 17.9 Å². The Kier molecular flexibility index (Phi) is 8.47. The average Bonchev–Trinajstić information content (AvgIpc) is 2.81. The van der Waals surface area contributed by atoms with E-state index in [2.05, 4.69) is 24.5 Å². The maximum absolute atomic E-state index is 12.8. The molecule has 0 bridgehead atoms. The van der Waals surface area contributed by atoms with Gasteiger partial charge < -0.3 is 20.1 Å². The van der Waals surface area contributed by atoms with Gasteiger partial charge in [-0.3, -0.25) is 9.59 Å². The molecule has 3 rings (SSSR count). The van der Waals surface area contributed by atoms with Crippen molar-refractivity contribution in [1.82, 2.24) is 0 Å². The molecule has 0 spiro atoms. The number of benzene rings is 3. The van der Waals surface area contributed by atoms with Crippen molar-refractivity contribution in [1.29, 1.82) is 0 Å². The van der Waals surface area contributed by atoms with E-state index in [4.69, 9.17) is 9.47 Å². The van der Waals surface area contributed by atoms with Crippen LogP contribution in [0.2, 0.25) is 0 Å². The monoisotopic (exact) mass is 446 g/mol.